The molecule has 5 heteroatoms. The van der Waals surface area contributed by atoms with E-state index < -0.39 is 0 Å². The van der Waals surface area contributed by atoms with Gasteiger partial charge in [0.15, 0.2) is 0 Å². The summed E-state index contributed by atoms with van der Waals surface area (Å²) in [5, 5.41) is 3.85. The molecule has 1 heterocycles. The summed E-state index contributed by atoms with van der Waals surface area (Å²) >= 11 is 0. The van der Waals surface area contributed by atoms with Gasteiger partial charge in [-0.05, 0) is 36.8 Å². The summed E-state index contributed by atoms with van der Waals surface area (Å²) < 4.78 is 10.6. The van der Waals surface area contributed by atoms with Crippen LogP contribution in [-0.2, 0) is 0 Å². The van der Waals surface area contributed by atoms with Crippen molar-refractivity contribution in [1.29, 1.82) is 0 Å². The minimum absolute atomic E-state index is 0.155. The number of methoxy groups -OCH3 is 2. The monoisotopic (exact) mass is 336 g/mol. The second kappa shape index (κ2) is 7.21. The number of amides is 1. The van der Waals surface area contributed by atoms with Gasteiger partial charge in [-0.15, -0.1) is 0 Å². The topological polar surface area (TPSA) is 60.5 Å². The number of aromatic nitrogens is 1. The van der Waals surface area contributed by atoms with Crippen molar-refractivity contribution < 1.29 is 14.3 Å². The second-order valence-corrected chi connectivity index (χ2v) is 5.70. The van der Waals surface area contributed by atoms with E-state index >= 15 is 0 Å². The molecule has 0 aliphatic carbocycles. The summed E-state index contributed by atoms with van der Waals surface area (Å²) in [4.78, 5) is 17.1. The molecule has 0 aliphatic heterocycles. The molecule has 0 radical (unpaired) electrons. The summed E-state index contributed by atoms with van der Waals surface area (Å²) in [5.41, 5.74) is 2.04. The third-order valence-electron chi connectivity index (χ3n) is 4.09. The average Bonchev–Trinajstić information content (AvgIpc) is 2.67. The normalized spacial score (nSPS) is 11.8. The highest BCUT2D eigenvalue weighted by Gasteiger charge is 2.15. The average molecular weight is 336 g/mol. The summed E-state index contributed by atoms with van der Waals surface area (Å²) in [7, 11) is 3.21. The lowest BCUT2D eigenvalue weighted by Crippen LogP contribution is -2.27. The summed E-state index contributed by atoms with van der Waals surface area (Å²) in [6, 6.07) is 16.7. The van der Waals surface area contributed by atoms with Gasteiger partial charge in [-0.1, -0.05) is 24.3 Å². The van der Waals surface area contributed by atoms with E-state index in [1.807, 2.05) is 55.5 Å². The van der Waals surface area contributed by atoms with Crippen LogP contribution in [-0.4, -0.2) is 25.1 Å². The Balaban J connectivity index is 1.83. The van der Waals surface area contributed by atoms with Crippen LogP contribution in [0.25, 0.3) is 10.9 Å². The molecule has 5 nitrogen and oxygen atoms in total. The van der Waals surface area contributed by atoms with Crippen molar-refractivity contribution in [1.82, 2.24) is 10.3 Å². The molecule has 2 aromatic carbocycles. The first-order chi connectivity index (χ1) is 12.1. The van der Waals surface area contributed by atoms with E-state index in [-0.39, 0.29) is 11.9 Å². The highest BCUT2D eigenvalue weighted by Crippen LogP contribution is 2.25. The Bertz CT molecular complexity index is 891. The standard InChI is InChI=1S/C20H20N2O3/c1-13(14-8-10-15(24-2)11-9-14)21-20(23)18-12-19(25-3)16-6-4-5-7-17(16)22-18/h4-13H,1-3H3,(H,21,23)/t13-/m0/s1. The zero-order valence-corrected chi connectivity index (χ0v) is 14.4. The molecule has 0 fully saturated rings. The number of nitrogens with one attached hydrogen (secondary N) is 1. The minimum Gasteiger partial charge on any atom is -0.497 e. The highest BCUT2D eigenvalue weighted by molar-refractivity contribution is 5.97. The molecule has 0 saturated carbocycles. The molecule has 0 bridgehead atoms. The van der Waals surface area contributed by atoms with E-state index in [4.69, 9.17) is 9.47 Å². The van der Waals surface area contributed by atoms with Gasteiger partial charge >= 0.3 is 0 Å². The van der Waals surface area contributed by atoms with Crippen LogP contribution < -0.4 is 14.8 Å². The summed E-state index contributed by atoms with van der Waals surface area (Å²) in [6.45, 7) is 1.93. The number of carbonyl (C=O) groups is 1. The minimum atomic E-state index is -0.243. The zero-order valence-electron chi connectivity index (χ0n) is 14.4. The van der Waals surface area contributed by atoms with Crippen molar-refractivity contribution in [3.05, 3.63) is 65.9 Å². The third kappa shape index (κ3) is 3.55. The van der Waals surface area contributed by atoms with Crippen LogP contribution in [0.5, 0.6) is 11.5 Å². The summed E-state index contributed by atoms with van der Waals surface area (Å²) in [5.74, 6) is 1.17. The molecule has 3 rings (SSSR count). The molecule has 25 heavy (non-hydrogen) atoms. The van der Waals surface area contributed by atoms with Crippen LogP contribution in [0.1, 0.15) is 29.0 Å². The number of fused-ring (bicyclic) bond motifs is 1. The van der Waals surface area contributed by atoms with Gasteiger partial charge in [-0.25, -0.2) is 4.98 Å². The molecule has 0 spiro atoms. The lowest BCUT2D eigenvalue weighted by Gasteiger charge is -2.15. The Morgan fingerprint density at radius 3 is 2.44 bits per heavy atom. The fourth-order valence-corrected chi connectivity index (χ4v) is 2.68. The van der Waals surface area contributed by atoms with E-state index in [0.29, 0.717) is 11.4 Å². The van der Waals surface area contributed by atoms with Crippen LogP contribution in [0, 0.1) is 0 Å². The van der Waals surface area contributed by atoms with E-state index in [0.717, 1.165) is 22.2 Å². The van der Waals surface area contributed by atoms with Gasteiger partial charge in [0.2, 0.25) is 0 Å². The third-order valence-corrected chi connectivity index (χ3v) is 4.09. The molecule has 3 aromatic rings. The number of hydrogen-bond donors (Lipinski definition) is 1. The summed E-state index contributed by atoms with van der Waals surface area (Å²) in [6.07, 6.45) is 0. The van der Waals surface area contributed by atoms with Gasteiger partial charge in [0.1, 0.15) is 17.2 Å². The maximum Gasteiger partial charge on any atom is 0.270 e. The van der Waals surface area contributed by atoms with Gasteiger partial charge in [0.25, 0.3) is 5.91 Å². The molecule has 128 valence electrons. The Morgan fingerprint density at radius 1 is 1.04 bits per heavy atom. The first-order valence-electron chi connectivity index (χ1n) is 8.01. The van der Waals surface area contributed by atoms with Crippen molar-refractivity contribution in [3.63, 3.8) is 0 Å². The van der Waals surface area contributed by atoms with Crippen molar-refractivity contribution in [2.45, 2.75) is 13.0 Å². The second-order valence-electron chi connectivity index (χ2n) is 5.70. The Hall–Kier alpha value is -3.08. The van der Waals surface area contributed by atoms with Crippen LogP contribution in [0.3, 0.4) is 0 Å². The number of nitrogens with zero attached hydrogens (tertiary/aromatic N) is 1. The molecule has 0 unspecified atom stereocenters. The van der Waals surface area contributed by atoms with E-state index in [1.165, 1.54) is 0 Å². The number of ether oxygens (including phenoxy) is 2. The fourth-order valence-electron chi connectivity index (χ4n) is 2.68. The molecule has 1 N–H and O–H groups in total. The SMILES string of the molecule is COc1ccc([C@H](C)NC(=O)c2cc(OC)c3ccccc3n2)cc1. The Labute approximate surface area is 146 Å². The number of benzene rings is 2. The largest absolute Gasteiger partial charge is 0.497 e. The van der Waals surface area contributed by atoms with Gasteiger partial charge < -0.3 is 14.8 Å². The lowest BCUT2D eigenvalue weighted by molar-refractivity contribution is 0.0935. The van der Waals surface area contributed by atoms with Crippen molar-refractivity contribution in [2.24, 2.45) is 0 Å². The molecule has 0 aliphatic rings. The fraction of sp³-hybridized carbons (Fsp3) is 0.200. The predicted molar refractivity (Wildman–Crippen MR) is 97.2 cm³/mol. The first-order valence-corrected chi connectivity index (χ1v) is 8.01. The van der Waals surface area contributed by atoms with Crippen LogP contribution in [0.4, 0.5) is 0 Å². The number of carbonyl (C=O) groups excluding carboxylic acids is 1. The molecular formula is C20H20N2O3. The predicted octanol–water partition coefficient (Wildman–Crippen LogP) is 3.74. The molecule has 0 saturated heterocycles. The molecule has 1 atom stereocenters. The van der Waals surface area contributed by atoms with Gasteiger partial charge in [0.05, 0.1) is 25.8 Å². The molecule has 1 aromatic heterocycles. The Morgan fingerprint density at radius 2 is 1.76 bits per heavy atom. The van der Waals surface area contributed by atoms with Crippen molar-refractivity contribution >= 4 is 16.8 Å². The lowest BCUT2D eigenvalue weighted by atomic mass is 10.1. The van der Waals surface area contributed by atoms with Crippen molar-refractivity contribution in [2.75, 3.05) is 14.2 Å². The Kier molecular flexibility index (Phi) is 4.84. The van der Waals surface area contributed by atoms with Crippen LogP contribution in [0.2, 0.25) is 0 Å². The maximum atomic E-state index is 12.6. The van der Waals surface area contributed by atoms with E-state index in [2.05, 4.69) is 10.3 Å². The van der Waals surface area contributed by atoms with Gasteiger partial charge in [0, 0.05) is 11.5 Å². The smallest absolute Gasteiger partial charge is 0.270 e. The molecular weight excluding hydrogens is 316 g/mol. The number of pyridine rings is 1. The van der Waals surface area contributed by atoms with Crippen LogP contribution >= 0.6 is 0 Å². The number of hydrogen-bond acceptors (Lipinski definition) is 4. The van der Waals surface area contributed by atoms with E-state index in [9.17, 15) is 4.79 Å². The number of para-hydroxylation sites is 1. The van der Waals surface area contributed by atoms with Crippen LogP contribution in [0.15, 0.2) is 54.6 Å². The van der Waals surface area contributed by atoms with Gasteiger partial charge in [-0.3, -0.25) is 4.79 Å². The highest BCUT2D eigenvalue weighted by atomic mass is 16.5. The maximum absolute atomic E-state index is 12.6. The quantitative estimate of drug-likeness (QED) is 0.771. The van der Waals surface area contributed by atoms with Crippen molar-refractivity contribution in [3.8, 4) is 11.5 Å². The number of rotatable bonds is 5. The first kappa shape index (κ1) is 16.8. The van der Waals surface area contributed by atoms with Gasteiger partial charge in [-0.2, -0.15) is 0 Å². The zero-order chi connectivity index (χ0) is 17.8. The molecule has 1 amide bonds. The van der Waals surface area contributed by atoms with E-state index in [1.54, 1.807) is 20.3 Å².